The monoisotopic (exact) mass is 298 g/mol. The van der Waals surface area contributed by atoms with Gasteiger partial charge in [0.05, 0.1) is 6.54 Å². The number of amides is 2. The molecule has 0 saturated carbocycles. The van der Waals surface area contributed by atoms with Crippen LogP contribution >= 0.6 is 0 Å². The van der Waals surface area contributed by atoms with Crippen LogP contribution in [0.2, 0.25) is 0 Å². The van der Waals surface area contributed by atoms with Crippen molar-refractivity contribution in [2.45, 2.75) is 6.61 Å². The first-order chi connectivity index (χ1) is 10.7. The summed E-state index contributed by atoms with van der Waals surface area (Å²) in [5.41, 5.74) is 1.51. The van der Waals surface area contributed by atoms with Crippen molar-refractivity contribution in [1.82, 2.24) is 10.6 Å². The van der Waals surface area contributed by atoms with Crippen molar-refractivity contribution in [1.29, 1.82) is 0 Å². The number of carbonyl (C=O) groups excluding carboxylic acids is 2. The lowest BCUT2D eigenvalue weighted by atomic mass is 10.2. The molecule has 2 rings (SSSR count). The lowest BCUT2D eigenvalue weighted by Gasteiger charge is -2.08. The maximum absolute atomic E-state index is 11.9. The van der Waals surface area contributed by atoms with Gasteiger partial charge in [0.25, 0.3) is 5.91 Å². The van der Waals surface area contributed by atoms with Crippen LogP contribution in [0.3, 0.4) is 0 Å². The molecule has 2 aromatic rings. The summed E-state index contributed by atoms with van der Waals surface area (Å²) in [5.74, 6) is 0.0510. The van der Waals surface area contributed by atoms with Crippen molar-refractivity contribution in [3.63, 3.8) is 0 Å². The van der Waals surface area contributed by atoms with Crippen molar-refractivity contribution in [2.75, 3.05) is 13.6 Å². The van der Waals surface area contributed by atoms with Crippen molar-refractivity contribution in [3.05, 3.63) is 65.7 Å². The summed E-state index contributed by atoms with van der Waals surface area (Å²) in [6.45, 7) is 0.384. The van der Waals surface area contributed by atoms with Gasteiger partial charge in [-0.2, -0.15) is 0 Å². The molecular formula is C17H18N2O3. The van der Waals surface area contributed by atoms with E-state index in [1.807, 2.05) is 30.3 Å². The molecule has 0 bridgehead atoms. The number of carbonyl (C=O) groups is 2. The molecule has 0 saturated heterocycles. The molecule has 2 aromatic carbocycles. The molecule has 2 amide bonds. The molecule has 5 heteroatoms. The van der Waals surface area contributed by atoms with Gasteiger partial charge in [-0.25, -0.2) is 0 Å². The lowest BCUT2D eigenvalue weighted by molar-refractivity contribution is -0.119. The predicted molar refractivity (Wildman–Crippen MR) is 83.6 cm³/mol. The first-order valence-corrected chi connectivity index (χ1v) is 6.94. The van der Waals surface area contributed by atoms with E-state index in [0.29, 0.717) is 17.9 Å². The van der Waals surface area contributed by atoms with Gasteiger partial charge in [-0.3, -0.25) is 9.59 Å². The summed E-state index contributed by atoms with van der Waals surface area (Å²) < 4.78 is 5.67. The van der Waals surface area contributed by atoms with Crippen molar-refractivity contribution in [3.8, 4) is 5.75 Å². The van der Waals surface area contributed by atoms with Crippen molar-refractivity contribution >= 4 is 11.8 Å². The molecule has 0 radical (unpaired) electrons. The summed E-state index contributed by atoms with van der Waals surface area (Å²) in [4.78, 5) is 23.1. The Balaban J connectivity index is 1.94. The van der Waals surface area contributed by atoms with Gasteiger partial charge in [0.1, 0.15) is 12.4 Å². The molecule has 0 heterocycles. The van der Waals surface area contributed by atoms with Gasteiger partial charge >= 0.3 is 0 Å². The summed E-state index contributed by atoms with van der Waals surface area (Å²) in [6, 6.07) is 16.6. The third-order valence-corrected chi connectivity index (χ3v) is 3.03. The number of likely N-dealkylation sites (N-methyl/N-ethyl adjacent to an activating group) is 1. The van der Waals surface area contributed by atoms with Crippen molar-refractivity contribution in [2.24, 2.45) is 0 Å². The predicted octanol–water partition coefficient (Wildman–Crippen LogP) is 1.74. The lowest BCUT2D eigenvalue weighted by Crippen LogP contribution is -2.35. The van der Waals surface area contributed by atoms with Gasteiger partial charge in [-0.15, -0.1) is 0 Å². The summed E-state index contributed by atoms with van der Waals surface area (Å²) in [6.07, 6.45) is 0. The number of nitrogens with one attached hydrogen (secondary N) is 2. The highest BCUT2D eigenvalue weighted by Crippen LogP contribution is 2.15. The van der Waals surface area contributed by atoms with Gasteiger partial charge < -0.3 is 15.4 Å². The zero-order chi connectivity index (χ0) is 15.8. The largest absolute Gasteiger partial charge is 0.489 e. The Morgan fingerprint density at radius 1 is 1.05 bits per heavy atom. The van der Waals surface area contributed by atoms with Crippen LogP contribution < -0.4 is 15.4 Å². The molecule has 0 atom stereocenters. The van der Waals surface area contributed by atoms with Gasteiger partial charge in [0, 0.05) is 12.6 Å². The van der Waals surface area contributed by atoms with E-state index < -0.39 is 0 Å². The van der Waals surface area contributed by atoms with Gasteiger partial charge in [-0.1, -0.05) is 36.4 Å². The number of ether oxygens (including phenoxy) is 1. The van der Waals surface area contributed by atoms with E-state index in [2.05, 4.69) is 10.6 Å². The van der Waals surface area contributed by atoms with Gasteiger partial charge in [0.2, 0.25) is 5.91 Å². The number of rotatable bonds is 6. The van der Waals surface area contributed by atoms with E-state index in [4.69, 9.17) is 4.74 Å². The normalized spacial score (nSPS) is 9.86. The van der Waals surface area contributed by atoms with E-state index in [9.17, 15) is 9.59 Å². The SMILES string of the molecule is CNC(=O)CNC(=O)c1cccc(OCc2ccccc2)c1. The first-order valence-electron chi connectivity index (χ1n) is 6.94. The summed E-state index contributed by atoms with van der Waals surface area (Å²) in [7, 11) is 1.52. The molecule has 22 heavy (non-hydrogen) atoms. The maximum atomic E-state index is 11.9. The molecule has 5 nitrogen and oxygen atoms in total. The zero-order valence-corrected chi connectivity index (χ0v) is 12.3. The second kappa shape index (κ2) is 7.83. The van der Waals surface area contributed by atoms with E-state index >= 15 is 0 Å². The minimum absolute atomic E-state index is 0.0512. The molecule has 0 aliphatic heterocycles. The van der Waals surface area contributed by atoms with Crippen LogP contribution in [0.15, 0.2) is 54.6 Å². The highest BCUT2D eigenvalue weighted by atomic mass is 16.5. The van der Waals surface area contributed by atoms with E-state index in [1.165, 1.54) is 7.05 Å². The summed E-state index contributed by atoms with van der Waals surface area (Å²) in [5, 5.41) is 4.99. The van der Waals surface area contributed by atoms with Crippen LogP contribution in [0.25, 0.3) is 0 Å². The minimum Gasteiger partial charge on any atom is -0.489 e. The fourth-order valence-corrected chi connectivity index (χ4v) is 1.82. The molecule has 2 N–H and O–H groups in total. The molecule has 0 fully saturated rings. The highest BCUT2D eigenvalue weighted by Gasteiger charge is 2.08. The standard InChI is InChI=1S/C17H18N2O3/c1-18-16(20)11-19-17(21)14-8-5-9-15(10-14)22-12-13-6-3-2-4-7-13/h2-10H,11-12H2,1H3,(H,18,20)(H,19,21). The van der Waals surface area contributed by atoms with Crippen LogP contribution in [-0.4, -0.2) is 25.4 Å². The molecule has 0 unspecified atom stereocenters. The third kappa shape index (κ3) is 4.63. The molecule has 114 valence electrons. The highest BCUT2D eigenvalue weighted by molar-refractivity contribution is 5.96. The van der Waals surface area contributed by atoms with E-state index in [-0.39, 0.29) is 18.4 Å². The Bertz CT molecular complexity index is 641. The fraction of sp³-hybridized carbons (Fsp3) is 0.176. The average Bonchev–Trinajstić information content (AvgIpc) is 2.58. The quantitative estimate of drug-likeness (QED) is 0.853. The Morgan fingerprint density at radius 2 is 1.82 bits per heavy atom. The minimum atomic E-state index is -0.311. The van der Waals surface area contributed by atoms with Gasteiger partial charge in [0.15, 0.2) is 0 Å². The van der Waals surface area contributed by atoms with Crippen LogP contribution in [-0.2, 0) is 11.4 Å². The Morgan fingerprint density at radius 3 is 2.55 bits per heavy atom. The average molecular weight is 298 g/mol. The van der Waals surface area contributed by atoms with Crippen LogP contribution in [0.1, 0.15) is 15.9 Å². The molecule has 0 aliphatic carbocycles. The number of benzene rings is 2. The van der Waals surface area contributed by atoms with Crippen LogP contribution in [0, 0.1) is 0 Å². The summed E-state index contributed by atoms with van der Waals surface area (Å²) >= 11 is 0. The zero-order valence-electron chi connectivity index (χ0n) is 12.3. The molecule has 0 aliphatic rings. The van der Waals surface area contributed by atoms with Crippen LogP contribution in [0.4, 0.5) is 0 Å². The molecule has 0 aromatic heterocycles. The van der Waals surface area contributed by atoms with E-state index in [0.717, 1.165) is 5.56 Å². The van der Waals surface area contributed by atoms with Crippen molar-refractivity contribution < 1.29 is 14.3 Å². The Kier molecular flexibility index (Phi) is 5.54. The number of hydrogen-bond acceptors (Lipinski definition) is 3. The number of hydrogen-bond donors (Lipinski definition) is 2. The Hall–Kier alpha value is -2.82. The second-order valence-electron chi connectivity index (χ2n) is 4.66. The first kappa shape index (κ1) is 15.6. The van der Waals surface area contributed by atoms with E-state index in [1.54, 1.807) is 24.3 Å². The topological polar surface area (TPSA) is 67.4 Å². The maximum Gasteiger partial charge on any atom is 0.251 e. The molecule has 0 spiro atoms. The molecular weight excluding hydrogens is 280 g/mol. The smallest absolute Gasteiger partial charge is 0.251 e. The van der Waals surface area contributed by atoms with Crippen LogP contribution in [0.5, 0.6) is 5.75 Å². The third-order valence-electron chi connectivity index (χ3n) is 3.03. The van der Waals surface area contributed by atoms with Gasteiger partial charge in [-0.05, 0) is 23.8 Å². The Labute approximate surface area is 129 Å². The second-order valence-corrected chi connectivity index (χ2v) is 4.66. The fourth-order valence-electron chi connectivity index (χ4n) is 1.82.